The van der Waals surface area contributed by atoms with Crippen LogP contribution in [0.4, 0.5) is 5.69 Å². The van der Waals surface area contributed by atoms with Gasteiger partial charge in [-0.15, -0.1) is 4.33 Å². The lowest BCUT2D eigenvalue weighted by molar-refractivity contribution is -0.432. The first kappa shape index (κ1) is 22.3. The number of hydrogen-bond donors (Lipinski definition) is 3. The molecule has 0 saturated carbocycles. The first-order valence-electron chi connectivity index (χ1n) is 8.02. The molecule has 0 heterocycles. The molecule has 0 amide bonds. The van der Waals surface area contributed by atoms with Crippen LogP contribution in [0.1, 0.15) is 5.56 Å². The number of nitrogens with two attached hydrogens (primary N) is 1. The molecule has 0 aliphatic carbocycles. The first-order valence-corrected chi connectivity index (χ1v) is 11.6. The second-order valence-electron chi connectivity index (χ2n) is 6.08. The molecule has 0 atom stereocenters. The number of fused-ring (bicyclic) bond motifs is 1. The summed E-state index contributed by atoms with van der Waals surface area (Å²) in [5.41, 5.74) is 6.83. The molecule has 30 heavy (non-hydrogen) atoms. The lowest BCUT2D eigenvalue weighted by Crippen LogP contribution is -2.11. The Kier molecular flexibility index (Phi) is 6.24. The Morgan fingerprint density at radius 3 is 2.23 bits per heavy atom. The number of hydrogen-bond acceptors (Lipinski definition) is 10. The summed E-state index contributed by atoms with van der Waals surface area (Å²) >= 11 is 0.524. The third-order valence-corrected chi connectivity index (χ3v) is 6.72. The SMILES string of the molecule is Cc1ccc(S(=O)(=O)Oc2cc(S(=O)(=O)O)cc3cc(SOOO)c(N)cc23)cc1. The molecule has 0 aromatic heterocycles. The average Bonchev–Trinajstić information content (AvgIpc) is 2.66. The summed E-state index contributed by atoms with van der Waals surface area (Å²) in [5, 5.41) is 12.1. The Bertz CT molecular complexity index is 1300. The molecule has 0 bridgehead atoms. The van der Waals surface area contributed by atoms with Crippen LogP contribution in [0.3, 0.4) is 0 Å². The predicted octanol–water partition coefficient (Wildman–Crippen LogP) is 3.17. The topological polar surface area (TPSA) is 162 Å². The minimum Gasteiger partial charge on any atom is -0.398 e. The predicted molar refractivity (Wildman–Crippen MR) is 108 cm³/mol. The maximum absolute atomic E-state index is 12.7. The maximum atomic E-state index is 12.7. The van der Waals surface area contributed by atoms with Crippen LogP contribution in [0.5, 0.6) is 5.75 Å². The molecule has 0 radical (unpaired) electrons. The van der Waals surface area contributed by atoms with Crippen LogP contribution in [0.2, 0.25) is 0 Å². The van der Waals surface area contributed by atoms with Gasteiger partial charge < -0.3 is 9.92 Å². The number of anilines is 1. The van der Waals surface area contributed by atoms with E-state index in [1.807, 2.05) is 0 Å². The van der Waals surface area contributed by atoms with Gasteiger partial charge in [0.15, 0.2) is 5.75 Å². The zero-order chi connectivity index (χ0) is 22.1. The molecule has 160 valence electrons. The molecule has 0 aliphatic heterocycles. The van der Waals surface area contributed by atoms with Gasteiger partial charge in [-0.2, -0.15) is 16.8 Å². The fraction of sp³-hybridized carbons (Fsp3) is 0.0588. The highest BCUT2D eigenvalue weighted by Crippen LogP contribution is 2.37. The van der Waals surface area contributed by atoms with Gasteiger partial charge in [-0.1, -0.05) is 22.7 Å². The van der Waals surface area contributed by atoms with Gasteiger partial charge in [-0.05, 0) is 42.6 Å². The van der Waals surface area contributed by atoms with E-state index in [1.54, 1.807) is 19.1 Å². The minimum absolute atomic E-state index is 0.0988. The minimum atomic E-state index is -4.69. The molecule has 0 aliphatic rings. The highest BCUT2D eigenvalue weighted by molar-refractivity contribution is 7.94. The number of rotatable bonds is 7. The molecule has 0 spiro atoms. The van der Waals surface area contributed by atoms with Gasteiger partial charge in [0.25, 0.3) is 10.1 Å². The molecule has 3 aromatic carbocycles. The molecule has 3 rings (SSSR count). The molecule has 0 fully saturated rings. The molecular formula is C17H15NO9S3. The molecule has 3 aromatic rings. The molecule has 10 nitrogen and oxygen atoms in total. The summed E-state index contributed by atoms with van der Waals surface area (Å²) in [6, 6.07) is 10.5. The van der Waals surface area contributed by atoms with E-state index in [1.165, 1.54) is 24.3 Å². The van der Waals surface area contributed by atoms with E-state index in [0.29, 0.717) is 12.0 Å². The zero-order valence-corrected chi connectivity index (χ0v) is 17.6. The molecule has 0 saturated heterocycles. The second kappa shape index (κ2) is 8.39. The summed E-state index contributed by atoms with van der Waals surface area (Å²) in [7, 11) is -9.01. The Balaban J connectivity index is 2.18. The van der Waals surface area contributed by atoms with Crippen molar-refractivity contribution in [2.75, 3.05) is 5.73 Å². The van der Waals surface area contributed by atoms with Gasteiger partial charge in [0.2, 0.25) is 0 Å². The Morgan fingerprint density at radius 1 is 0.967 bits per heavy atom. The van der Waals surface area contributed by atoms with Gasteiger partial charge >= 0.3 is 10.1 Å². The van der Waals surface area contributed by atoms with E-state index in [4.69, 9.17) is 15.2 Å². The van der Waals surface area contributed by atoms with Gasteiger partial charge in [0, 0.05) is 17.1 Å². The lowest BCUT2D eigenvalue weighted by Gasteiger charge is -2.13. The summed E-state index contributed by atoms with van der Waals surface area (Å²) in [4.78, 5) is -0.521. The average molecular weight is 474 g/mol. The zero-order valence-electron chi connectivity index (χ0n) is 15.2. The van der Waals surface area contributed by atoms with E-state index in [-0.39, 0.29) is 32.0 Å². The standard InChI is InChI=1S/C17H15NO9S3/c1-10-2-4-12(5-3-10)30(23,24)25-16-8-13(29(20,21)22)6-11-7-17(28-27-26-19)15(18)9-14(11)16/h2-9,19H,18H2,1H3,(H,20,21,22). The largest absolute Gasteiger partial charge is 0.398 e. The van der Waals surface area contributed by atoms with Gasteiger partial charge in [0.1, 0.15) is 4.90 Å². The first-order chi connectivity index (χ1) is 14.0. The van der Waals surface area contributed by atoms with E-state index < -0.39 is 25.1 Å². The summed E-state index contributed by atoms with van der Waals surface area (Å²) in [5.74, 6) is -0.358. The van der Waals surface area contributed by atoms with E-state index in [0.717, 1.165) is 17.7 Å². The highest BCUT2D eigenvalue weighted by Gasteiger charge is 2.22. The van der Waals surface area contributed by atoms with Crippen molar-refractivity contribution in [1.82, 2.24) is 0 Å². The van der Waals surface area contributed by atoms with Crippen molar-refractivity contribution in [2.45, 2.75) is 21.6 Å². The molecular weight excluding hydrogens is 458 g/mol. The lowest BCUT2D eigenvalue weighted by atomic mass is 10.1. The monoisotopic (exact) mass is 473 g/mol. The van der Waals surface area contributed by atoms with Gasteiger partial charge in [-0.3, -0.25) is 4.55 Å². The summed E-state index contributed by atoms with van der Waals surface area (Å²) in [6.45, 7) is 1.78. The Morgan fingerprint density at radius 2 is 1.63 bits per heavy atom. The molecule has 13 heteroatoms. The summed E-state index contributed by atoms with van der Waals surface area (Å²) in [6.07, 6.45) is 0. The smallest absolute Gasteiger partial charge is 0.339 e. The van der Waals surface area contributed by atoms with Crippen molar-refractivity contribution in [3.63, 3.8) is 0 Å². The number of benzene rings is 3. The Hall–Kier alpha value is -2.39. The van der Waals surface area contributed by atoms with Crippen molar-refractivity contribution in [2.24, 2.45) is 0 Å². The van der Waals surface area contributed by atoms with Crippen LogP contribution < -0.4 is 9.92 Å². The summed E-state index contributed by atoms with van der Waals surface area (Å²) < 4.78 is 67.6. The third-order valence-electron chi connectivity index (χ3n) is 3.98. The van der Waals surface area contributed by atoms with Crippen LogP contribution in [-0.2, 0) is 29.6 Å². The van der Waals surface area contributed by atoms with Crippen molar-refractivity contribution in [1.29, 1.82) is 0 Å². The maximum Gasteiger partial charge on any atom is 0.339 e. The molecule has 0 unspecified atom stereocenters. The van der Waals surface area contributed by atoms with Crippen LogP contribution in [0.15, 0.2) is 63.2 Å². The van der Waals surface area contributed by atoms with Crippen molar-refractivity contribution >= 4 is 48.7 Å². The van der Waals surface area contributed by atoms with E-state index in [9.17, 15) is 21.4 Å². The van der Waals surface area contributed by atoms with Crippen molar-refractivity contribution < 1.29 is 40.2 Å². The van der Waals surface area contributed by atoms with Crippen LogP contribution in [0, 0.1) is 6.92 Å². The van der Waals surface area contributed by atoms with E-state index in [2.05, 4.69) is 9.37 Å². The van der Waals surface area contributed by atoms with E-state index >= 15 is 0 Å². The quantitative estimate of drug-likeness (QED) is 0.115. The fourth-order valence-corrected chi connectivity index (χ4v) is 4.47. The highest BCUT2D eigenvalue weighted by atomic mass is 32.2. The van der Waals surface area contributed by atoms with Crippen molar-refractivity contribution in [3.8, 4) is 5.75 Å². The van der Waals surface area contributed by atoms with Crippen LogP contribution in [0.25, 0.3) is 10.8 Å². The Labute approximate surface area is 176 Å². The van der Waals surface area contributed by atoms with Crippen LogP contribution >= 0.6 is 12.0 Å². The van der Waals surface area contributed by atoms with Crippen molar-refractivity contribution in [3.05, 3.63) is 54.1 Å². The van der Waals surface area contributed by atoms with Gasteiger partial charge in [-0.25, -0.2) is 5.26 Å². The van der Waals surface area contributed by atoms with Crippen LogP contribution in [-0.4, -0.2) is 26.6 Å². The fourth-order valence-electron chi connectivity index (χ4n) is 2.56. The third kappa shape index (κ3) is 4.84. The molecule has 4 N–H and O–H groups in total. The van der Waals surface area contributed by atoms with Gasteiger partial charge in [0.05, 0.1) is 21.8 Å². The number of aryl methyl sites for hydroxylation is 1. The number of nitrogen functional groups attached to an aromatic ring is 1. The second-order valence-corrected chi connectivity index (χ2v) is 9.79. The normalized spacial score (nSPS) is 12.2.